The highest BCUT2D eigenvalue weighted by atomic mass is 16.3. The van der Waals surface area contributed by atoms with Crippen molar-refractivity contribution in [1.82, 2.24) is 4.98 Å². The normalized spacial score (nSPS) is 9.56. The summed E-state index contributed by atoms with van der Waals surface area (Å²) in [4.78, 5) is 3.95. The highest BCUT2D eigenvalue weighted by Crippen LogP contribution is 1.97. The van der Waals surface area contributed by atoms with E-state index in [4.69, 9.17) is 0 Å². The first-order chi connectivity index (χ1) is 4.33. The fourth-order valence-corrected chi connectivity index (χ4v) is 0.584. The second kappa shape index (κ2) is 2.60. The smallest absolute Gasteiger partial charge is 0.109 e. The van der Waals surface area contributed by atoms with E-state index >= 15 is 0 Å². The van der Waals surface area contributed by atoms with Crippen molar-refractivity contribution in [3.05, 3.63) is 29.6 Å². The SMILES string of the molecule is Cc1ccc(C[O])cn1. The number of hydrogen-bond acceptors (Lipinski definition) is 1. The van der Waals surface area contributed by atoms with E-state index in [1.165, 1.54) is 0 Å². The van der Waals surface area contributed by atoms with Crippen molar-refractivity contribution in [3.63, 3.8) is 0 Å². The lowest BCUT2D eigenvalue weighted by molar-refractivity contribution is 0.177. The Bertz CT molecular complexity index is 181. The standard InChI is InChI=1S/C7H8NO/c1-6-2-3-7(5-9)4-8-6/h2-4H,5H2,1H3. The highest BCUT2D eigenvalue weighted by molar-refractivity contribution is 5.11. The molecule has 0 saturated heterocycles. The van der Waals surface area contributed by atoms with E-state index in [0.717, 1.165) is 11.3 Å². The molecule has 1 rings (SSSR count). The van der Waals surface area contributed by atoms with Crippen LogP contribution in [0.3, 0.4) is 0 Å². The topological polar surface area (TPSA) is 32.8 Å². The van der Waals surface area contributed by atoms with E-state index in [0.29, 0.717) is 0 Å². The predicted molar refractivity (Wildman–Crippen MR) is 33.4 cm³/mol. The fraction of sp³-hybridized carbons (Fsp3) is 0.286. The molecule has 1 heterocycles. The third-order valence-electron chi connectivity index (χ3n) is 1.14. The molecule has 0 amide bonds. The van der Waals surface area contributed by atoms with Crippen molar-refractivity contribution in [2.75, 3.05) is 0 Å². The maximum atomic E-state index is 10.2. The molecular weight excluding hydrogens is 114 g/mol. The van der Waals surface area contributed by atoms with Crippen LogP contribution in [0, 0.1) is 6.92 Å². The van der Waals surface area contributed by atoms with Gasteiger partial charge in [0, 0.05) is 11.9 Å². The number of nitrogens with zero attached hydrogens (tertiary/aromatic N) is 1. The Balaban J connectivity index is 2.88. The van der Waals surface area contributed by atoms with Gasteiger partial charge in [0.1, 0.15) is 6.61 Å². The Morgan fingerprint density at radius 3 is 2.78 bits per heavy atom. The molecule has 2 heteroatoms. The summed E-state index contributed by atoms with van der Waals surface area (Å²) in [5.41, 5.74) is 1.70. The zero-order valence-electron chi connectivity index (χ0n) is 5.29. The van der Waals surface area contributed by atoms with E-state index in [1.807, 2.05) is 13.0 Å². The quantitative estimate of drug-likeness (QED) is 0.553. The first-order valence-corrected chi connectivity index (χ1v) is 2.82. The molecular formula is C7H8NO. The van der Waals surface area contributed by atoms with Gasteiger partial charge < -0.3 is 0 Å². The van der Waals surface area contributed by atoms with Crippen LogP contribution >= 0.6 is 0 Å². The van der Waals surface area contributed by atoms with Gasteiger partial charge in [-0.3, -0.25) is 4.98 Å². The summed E-state index contributed by atoms with van der Waals surface area (Å²) in [5, 5.41) is 10.2. The Hall–Kier alpha value is -0.890. The monoisotopic (exact) mass is 122 g/mol. The van der Waals surface area contributed by atoms with Crippen LogP contribution in [0.25, 0.3) is 0 Å². The maximum Gasteiger partial charge on any atom is 0.109 e. The maximum absolute atomic E-state index is 10.2. The number of pyridine rings is 1. The van der Waals surface area contributed by atoms with Crippen molar-refractivity contribution in [2.45, 2.75) is 13.5 Å². The predicted octanol–water partition coefficient (Wildman–Crippen LogP) is 1.32. The van der Waals surface area contributed by atoms with Crippen molar-refractivity contribution in [3.8, 4) is 0 Å². The van der Waals surface area contributed by atoms with Crippen LogP contribution in [-0.4, -0.2) is 4.98 Å². The molecule has 0 saturated carbocycles. The molecule has 0 atom stereocenters. The van der Waals surface area contributed by atoms with Gasteiger partial charge in [0.15, 0.2) is 0 Å². The lowest BCUT2D eigenvalue weighted by atomic mass is 10.3. The Morgan fingerprint density at radius 2 is 2.33 bits per heavy atom. The molecule has 2 nitrogen and oxygen atoms in total. The zero-order chi connectivity index (χ0) is 6.69. The average Bonchev–Trinajstić information content (AvgIpc) is 1.90. The van der Waals surface area contributed by atoms with Crippen LogP contribution in [0.5, 0.6) is 0 Å². The second-order valence-electron chi connectivity index (χ2n) is 1.95. The molecule has 0 spiro atoms. The molecule has 1 aromatic rings. The molecule has 0 N–H and O–H groups in total. The molecule has 0 aliphatic carbocycles. The Morgan fingerprint density at radius 1 is 1.56 bits per heavy atom. The van der Waals surface area contributed by atoms with Gasteiger partial charge in [-0.1, -0.05) is 6.07 Å². The molecule has 47 valence electrons. The molecule has 0 bridgehead atoms. The van der Waals surface area contributed by atoms with Crippen molar-refractivity contribution >= 4 is 0 Å². The first-order valence-electron chi connectivity index (χ1n) is 2.82. The van der Waals surface area contributed by atoms with Crippen LogP contribution < -0.4 is 0 Å². The van der Waals surface area contributed by atoms with E-state index in [1.54, 1.807) is 12.3 Å². The summed E-state index contributed by atoms with van der Waals surface area (Å²) in [6.45, 7) is 1.72. The van der Waals surface area contributed by atoms with E-state index in [9.17, 15) is 5.11 Å². The number of hydrogen-bond donors (Lipinski definition) is 0. The third kappa shape index (κ3) is 1.50. The zero-order valence-corrected chi connectivity index (χ0v) is 5.29. The minimum Gasteiger partial charge on any atom is -0.261 e. The van der Waals surface area contributed by atoms with E-state index in [-0.39, 0.29) is 6.61 Å². The Kier molecular flexibility index (Phi) is 1.80. The molecule has 0 aromatic carbocycles. The lowest BCUT2D eigenvalue weighted by Gasteiger charge is -1.91. The van der Waals surface area contributed by atoms with Crippen LogP contribution in [0.2, 0.25) is 0 Å². The summed E-state index contributed by atoms with van der Waals surface area (Å²) < 4.78 is 0. The fourth-order valence-electron chi connectivity index (χ4n) is 0.584. The summed E-state index contributed by atoms with van der Waals surface area (Å²) >= 11 is 0. The van der Waals surface area contributed by atoms with Crippen molar-refractivity contribution < 1.29 is 5.11 Å². The molecule has 1 aromatic heterocycles. The van der Waals surface area contributed by atoms with Crippen LogP contribution in [0.1, 0.15) is 11.3 Å². The molecule has 0 unspecified atom stereocenters. The highest BCUT2D eigenvalue weighted by Gasteiger charge is 1.88. The summed E-state index contributed by atoms with van der Waals surface area (Å²) in [6, 6.07) is 3.64. The lowest BCUT2D eigenvalue weighted by Crippen LogP contribution is -1.84. The van der Waals surface area contributed by atoms with Gasteiger partial charge in [-0.25, -0.2) is 5.11 Å². The largest absolute Gasteiger partial charge is 0.261 e. The van der Waals surface area contributed by atoms with E-state index < -0.39 is 0 Å². The average molecular weight is 122 g/mol. The molecule has 0 aliphatic rings. The summed E-state index contributed by atoms with van der Waals surface area (Å²) in [5.74, 6) is 0. The minimum atomic E-state index is -0.173. The van der Waals surface area contributed by atoms with Gasteiger partial charge in [0.25, 0.3) is 0 Å². The van der Waals surface area contributed by atoms with Crippen LogP contribution in [-0.2, 0) is 11.7 Å². The van der Waals surface area contributed by atoms with Gasteiger partial charge >= 0.3 is 0 Å². The Labute approximate surface area is 54.2 Å². The second-order valence-corrected chi connectivity index (χ2v) is 1.95. The molecule has 0 fully saturated rings. The van der Waals surface area contributed by atoms with Crippen molar-refractivity contribution in [1.29, 1.82) is 0 Å². The number of rotatable bonds is 1. The molecule has 9 heavy (non-hydrogen) atoms. The molecule has 1 radical (unpaired) electrons. The van der Waals surface area contributed by atoms with E-state index in [2.05, 4.69) is 4.98 Å². The molecule has 0 aliphatic heterocycles. The summed E-state index contributed by atoms with van der Waals surface area (Å²) in [6.07, 6.45) is 1.61. The number of aromatic nitrogens is 1. The van der Waals surface area contributed by atoms with Gasteiger partial charge in [-0.05, 0) is 18.6 Å². The van der Waals surface area contributed by atoms with Gasteiger partial charge in [-0.2, -0.15) is 0 Å². The van der Waals surface area contributed by atoms with Crippen LogP contribution in [0.15, 0.2) is 18.3 Å². The van der Waals surface area contributed by atoms with Crippen LogP contribution in [0.4, 0.5) is 0 Å². The minimum absolute atomic E-state index is 0.173. The third-order valence-corrected chi connectivity index (χ3v) is 1.14. The van der Waals surface area contributed by atoms with Gasteiger partial charge in [-0.15, -0.1) is 0 Å². The van der Waals surface area contributed by atoms with Crippen molar-refractivity contribution in [2.24, 2.45) is 0 Å². The summed E-state index contributed by atoms with van der Waals surface area (Å²) in [7, 11) is 0. The number of aryl methyl sites for hydroxylation is 1. The van der Waals surface area contributed by atoms with Gasteiger partial charge in [0.2, 0.25) is 0 Å². The first kappa shape index (κ1) is 6.23. The van der Waals surface area contributed by atoms with Gasteiger partial charge in [0.05, 0.1) is 0 Å².